The number of nitrogens with zero attached hydrogens (tertiary/aromatic N) is 2. The monoisotopic (exact) mass is 284 g/mol. The number of fused-ring (bicyclic) bond motifs is 1. The van der Waals surface area contributed by atoms with Crippen LogP contribution in [0.3, 0.4) is 0 Å². The average molecular weight is 284 g/mol. The van der Waals surface area contributed by atoms with E-state index in [-0.39, 0.29) is 5.70 Å². The topological polar surface area (TPSA) is 52.9 Å². The standard InChI is InChI=1S/C13H11F3N2O2/c14-13(15,16)8-18-10(5-12(19)20)7-17-6-9-3-1-2-4-11(9)18/h1-4,6-7H,5,8H2,(H,19,20). The van der Waals surface area contributed by atoms with E-state index in [1.807, 2.05) is 0 Å². The second-order valence-electron chi connectivity index (χ2n) is 4.23. The summed E-state index contributed by atoms with van der Waals surface area (Å²) in [5, 5.41) is 8.82. The molecule has 0 atom stereocenters. The molecule has 1 N–H and O–H groups in total. The Morgan fingerprint density at radius 3 is 2.65 bits per heavy atom. The summed E-state index contributed by atoms with van der Waals surface area (Å²) in [7, 11) is 0. The maximum atomic E-state index is 12.7. The molecule has 1 aliphatic rings. The SMILES string of the molecule is O=C(O)CC1=CN=Cc2ccccc2N1CC(F)(F)F. The number of hydrogen-bond donors (Lipinski definition) is 1. The molecule has 4 nitrogen and oxygen atoms in total. The lowest BCUT2D eigenvalue weighted by Crippen LogP contribution is -2.34. The molecule has 0 spiro atoms. The van der Waals surface area contributed by atoms with E-state index in [1.54, 1.807) is 18.2 Å². The van der Waals surface area contributed by atoms with Crippen LogP contribution in [0.4, 0.5) is 18.9 Å². The first-order valence-corrected chi connectivity index (χ1v) is 5.74. The summed E-state index contributed by atoms with van der Waals surface area (Å²) in [6.07, 6.45) is -2.41. The lowest BCUT2D eigenvalue weighted by atomic mass is 10.1. The maximum Gasteiger partial charge on any atom is 0.406 e. The molecule has 0 fully saturated rings. The van der Waals surface area contributed by atoms with Gasteiger partial charge < -0.3 is 10.0 Å². The Bertz CT molecular complexity index is 579. The highest BCUT2D eigenvalue weighted by Crippen LogP contribution is 2.30. The lowest BCUT2D eigenvalue weighted by Gasteiger charge is -2.27. The van der Waals surface area contributed by atoms with Gasteiger partial charge in [0.1, 0.15) is 6.54 Å². The van der Waals surface area contributed by atoms with Crippen LogP contribution in [-0.2, 0) is 4.79 Å². The van der Waals surface area contributed by atoms with Crippen LogP contribution in [0.15, 0.2) is 41.2 Å². The predicted octanol–water partition coefficient (Wildman–Crippen LogP) is 2.80. The van der Waals surface area contributed by atoms with Crippen LogP contribution in [-0.4, -0.2) is 30.0 Å². The first-order valence-electron chi connectivity index (χ1n) is 5.74. The van der Waals surface area contributed by atoms with Crippen molar-refractivity contribution < 1.29 is 23.1 Å². The molecular weight excluding hydrogens is 273 g/mol. The Hall–Kier alpha value is -2.31. The van der Waals surface area contributed by atoms with Crippen molar-refractivity contribution in [2.45, 2.75) is 12.6 Å². The molecule has 0 radical (unpaired) electrons. The van der Waals surface area contributed by atoms with Crippen LogP contribution >= 0.6 is 0 Å². The number of rotatable bonds is 3. The van der Waals surface area contributed by atoms with E-state index in [0.717, 1.165) is 11.1 Å². The number of hydrogen-bond acceptors (Lipinski definition) is 3. The molecule has 0 saturated heterocycles. The van der Waals surface area contributed by atoms with Gasteiger partial charge in [0, 0.05) is 23.7 Å². The zero-order valence-corrected chi connectivity index (χ0v) is 10.3. The molecule has 7 heteroatoms. The molecule has 0 aliphatic carbocycles. The van der Waals surface area contributed by atoms with Gasteiger partial charge in [0.2, 0.25) is 0 Å². The molecule has 1 aromatic carbocycles. The van der Waals surface area contributed by atoms with Crippen LogP contribution in [0, 0.1) is 0 Å². The number of alkyl halides is 3. The van der Waals surface area contributed by atoms with E-state index < -0.39 is 25.1 Å². The molecule has 1 aromatic rings. The Morgan fingerprint density at radius 2 is 2.00 bits per heavy atom. The van der Waals surface area contributed by atoms with Gasteiger partial charge in [0.25, 0.3) is 0 Å². The van der Waals surface area contributed by atoms with Gasteiger partial charge in [-0.25, -0.2) is 0 Å². The summed E-state index contributed by atoms with van der Waals surface area (Å²) < 4.78 is 38.2. The summed E-state index contributed by atoms with van der Waals surface area (Å²) in [5.74, 6) is -1.21. The van der Waals surface area contributed by atoms with Gasteiger partial charge in [-0.1, -0.05) is 18.2 Å². The Morgan fingerprint density at radius 1 is 1.30 bits per heavy atom. The quantitative estimate of drug-likeness (QED) is 0.928. The largest absolute Gasteiger partial charge is 0.481 e. The smallest absolute Gasteiger partial charge is 0.406 e. The molecule has 0 unspecified atom stereocenters. The number of aliphatic carboxylic acids is 1. The van der Waals surface area contributed by atoms with E-state index in [2.05, 4.69) is 4.99 Å². The Kier molecular flexibility index (Phi) is 3.78. The van der Waals surface area contributed by atoms with E-state index in [9.17, 15) is 18.0 Å². The van der Waals surface area contributed by atoms with Crippen molar-refractivity contribution in [2.24, 2.45) is 4.99 Å². The van der Waals surface area contributed by atoms with Crippen molar-refractivity contribution in [1.29, 1.82) is 0 Å². The van der Waals surface area contributed by atoms with Crippen LogP contribution in [0.5, 0.6) is 0 Å². The van der Waals surface area contributed by atoms with E-state index >= 15 is 0 Å². The summed E-state index contributed by atoms with van der Waals surface area (Å²) >= 11 is 0. The zero-order chi connectivity index (χ0) is 14.8. The number of benzene rings is 1. The van der Waals surface area contributed by atoms with Gasteiger partial charge in [0.05, 0.1) is 12.1 Å². The Balaban J connectivity index is 2.45. The number of para-hydroxylation sites is 1. The van der Waals surface area contributed by atoms with Crippen LogP contribution in [0.1, 0.15) is 12.0 Å². The fraction of sp³-hybridized carbons (Fsp3) is 0.231. The van der Waals surface area contributed by atoms with E-state index in [1.165, 1.54) is 12.3 Å². The number of carbonyl (C=O) groups is 1. The van der Waals surface area contributed by atoms with Gasteiger partial charge in [-0.2, -0.15) is 13.2 Å². The minimum atomic E-state index is -4.45. The molecule has 0 aromatic heterocycles. The minimum absolute atomic E-state index is 0.00368. The molecule has 106 valence electrons. The molecule has 0 amide bonds. The van der Waals surface area contributed by atoms with Crippen molar-refractivity contribution in [3.63, 3.8) is 0 Å². The van der Waals surface area contributed by atoms with Crippen molar-refractivity contribution in [3.8, 4) is 0 Å². The third kappa shape index (κ3) is 3.37. The number of carboxylic acids is 1. The average Bonchev–Trinajstić information content (AvgIpc) is 2.48. The van der Waals surface area contributed by atoms with Crippen LogP contribution in [0.2, 0.25) is 0 Å². The van der Waals surface area contributed by atoms with Crippen LogP contribution in [0.25, 0.3) is 0 Å². The number of anilines is 1. The van der Waals surface area contributed by atoms with Crippen molar-refractivity contribution in [1.82, 2.24) is 0 Å². The van der Waals surface area contributed by atoms with Gasteiger partial charge in [-0.15, -0.1) is 0 Å². The molecular formula is C13H11F3N2O2. The van der Waals surface area contributed by atoms with E-state index in [4.69, 9.17) is 5.11 Å². The number of carboxylic acid groups (broad SMARTS) is 1. The third-order valence-electron chi connectivity index (χ3n) is 2.68. The normalized spacial score (nSPS) is 14.6. The van der Waals surface area contributed by atoms with Gasteiger partial charge in [-0.05, 0) is 6.07 Å². The van der Waals surface area contributed by atoms with Gasteiger partial charge in [-0.3, -0.25) is 9.79 Å². The van der Waals surface area contributed by atoms with Crippen molar-refractivity contribution >= 4 is 17.9 Å². The number of halogens is 3. The van der Waals surface area contributed by atoms with Crippen LogP contribution < -0.4 is 4.90 Å². The fourth-order valence-electron chi connectivity index (χ4n) is 1.93. The minimum Gasteiger partial charge on any atom is -0.481 e. The van der Waals surface area contributed by atoms with Crippen molar-refractivity contribution in [2.75, 3.05) is 11.4 Å². The second-order valence-corrected chi connectivity index (χ2v) is 4.23. The highest BCUT2D eigenvalue weighted by Gasteiger charge is 2.34. The van der Waals surface area contributed by atoms with Gasteiger partial charge >= 0.3 is 12.1 Å². The summed E-state index contributed by atoms with van der Waals surface area (Å²) in [6.45, 7) is -1.26. The fourth-order valence-corrected chi connectivity index (χ4v) is 1.93. The predicted molar refractivity (Wildman–Crippen MR) is 67.8 cm³/mol. The first kappa shape index (κ1) is 14.1. The van der Waals surface area contributed by atoms with E-state index in [0.29, 0.717) is 11.3 Å². The molecule has 20 heavy (non-hydrogen) atoms. The zero-order valence-electron chi connectivity index (χ0n) is 10.3. The lowest BCUT2D eigenvalue weighted by molar-refractivity contribution is -0.136. The maximum absolute atomic E-state index is 12.7. The van der Waals surface area contributed by atoms with Crippen molar-refractivity contribution in [3.05, 3.63) is 41.7 Å². The highest BCUT2D eigenvalue weighted by molar-refractivity contribution is 5.90. The summed E-state index contributed by atoms with van der Waals surface area (Å²) in [4.78, 5) is 15.6. The molecule has 0 saturated carbocycles. The molecule has 1 aliphatic heterocycles. The first-order chi connectivity index (χ1) is 9.37. The molecule has 1 heterocycles. The van der Waals surface area contributed by atoms with Gasteiger partial charge in [0.15, 0.2) is 0 Å². The number of aliphatic imine (C=N–C) groups is 1. The second kappa shape index (κ2) is 5.36. The molecule has 2 rings (SSSR count). The highest BCUT2D eigenvalue weighted by atomic mass is 19.4. The molecule has 0 bridgehead atoms. The summed E-state index contributed by atoms with van der Waals surface area (Å²) in [6, 6.07) is 6.41. The third-order valence-corrected chi connectivity index (χ3v) is 2.68. The summed E-state index contributed by atoms with van der Waals surface area (Å²) in [5.41, 5.74) is 0.794. The Labute approximate surface area is 112 Å².